The van der Waals surface area contributed by atoms with Crippen molar-refractivity contribution in [2.24, 2.45) is 5.92 Å². The number of halogens is 1. The number of ether oxygens (including phenoxy) is 3. The van der Waals surface area contributed by atoms with E-state index in [-0.39, 0.29) is 16.9 Å². The van der Waals surface area contributed by atoms with Crippen LogP contribution in [0, 0.1) is 31.0 Å². The number of aromatic nitrogens is 2. The van der Waals surface area contributed by atoms with Gasteiger partial charge in [0.15, 0.2) is 0 Å². The number of nitrogens with zero attached hydrogens (tertiary/aromatic N) is 3. The summed E-state index contributed by atoms with van der Waals surface area (Å²) >= 11 is 0. The van der Waals surface area contributed by atoms with Crippen molar-refractivity contribution in [3.05, 3.63) is 58.2 Å². The van der Waals surface area contributed by atoms with Gasteiger partial charge in [0.1, 0.15) is 18.2 Å². The number of terminal acetylenes is 1. The summed E-state index contributed by atoms with van der Waals surface area (Å²) in [4.78, 5) is 12.1. The molecule has 1 N–H and O–H groups in total. The number of hydrogen-bond donors (Lipinski definition) is 1. The van der Waals surface area contributed by atoms with Crippen molar-refractivity contribution in [3.63, 3.8) is 0 Å². The number of phenols is 1. The van der Waals surface area contributed by atoms with Gasteiger partial charge >= 0.3 is 6.01 Å². The third-order valence-electron chi connectivity index (χ3n) is 9.52. The molecule has 3 fully saturated rings. The van der Waals surface area contributed by atoms with E-state index in [1.807, 2.05) is 6.92 Å². The summed E-state index contributed by atoms with van der Waals surface area (Å²) in [6.45, 7) is 5.62. The quantitative estimate of drug-likeness (QED) is 0.373. The molecule has 3 aliphatic heterocycles. The zero-order chi connectivity index (χ0) is 28.1. The SMILES string of the molecule is C#Cc1c(F)ccc2cc(O)cc(C3Cc4nc(OCC56CCCN5C(COCC5CC5)CC6)nc(C)c4CO3)c12. The van der Waals surface area contributed by atoms with Crippen LogP contribution in [0.1, 0.15) is 72.7 Å². The van der Waals surface area contributed by atoms with E-state index in [1.54, 1.807) is 18.2 Å². The Morgan fingerprint density at radius 1 is 1.20 bits per heavy atom. The lowest BCUT2D eigenvalue weighted by molar-refractivity contribution is 0.0243. The first-order valence-corrected chi connectivity index (χ1v) is 14.8. The van der Waals surface area contributed by atoms with E-state index in [1.165, 1.54) is 25.3 Å². The summed E-state index contributed by atoms with van der Waals surface area (Å²) in [5.41, 5.74) is 3.45. The first-order valence-electron chi connectivity index (χ1n) is 14.8. The Balaban J connectivity index is 1.10. The molecule has 0 bridgehead atoms. The highest BCUT2D eigenvalue weighted by Crippen LogP contribution is 2.43. The molecule has 7 nitrogen and oxygen atoms in total. The van der Waals surface area contributed by atoms with Crippen molar-refractivity contribution in [3.8, 4) is 24.1 Å². The van der Waals surface area contributed by atoms with Gasteiger partial charge in [-0.15, -0.1) is 6.42 Å². The van der Waals surface area contributed by atoms with Crippen LogP contribution in [0.4, 0.5) is 4.39 Å². The highest BCUT2D eigenvalue weighted by atomic mass is 19.1. The third-order valence-corrected chi connectivity index (χ3v) is 9.52. The van der Waals surface area contributed by atoms with Gasteiger partial charge in [-0.25, -0.2) is 9.37 Å². The van der Waals surface area contributed by atoms with E-state index >= 15 is 0 Å². The number of fused-ring (bicyclic) bond motifs is 3. The fourth-order valence-electron chi connectivity index (χ4n) is 7.16. The van der Waals surface area contributed by atoms with E-state index in [0.717, 1.165) is 61.9 Å². The first kappa shape index (κ1) is 26.6. The third kappa shape index (κ3) is 4.94. The molecule has 8 heteroatoms. The zero-order valence-electron chi connectivity index (χ0n) is 23.5. The van der Waals surface area contributed by atoms with Crippen LogP contribution in [0.5, 0.6) is 11.8 Å². The largest absolute Gasteiger partial charge is 0.508 e. The van der Waals surface area contributed by atoms with E-state index < -0.39 is 11.9 Å². The van der Waals surface area contributed by atoms with Gasteiger partial charge in [0.25, 0.3) is 0 Å². The number of aromatic hydroxyl groups is 1. The molecule has 2 aromatic carbocycles. The average Bonchev–Trinajstić information content (AvgIpc) is 3.60. The Kier molecular flexibility index (Phi) is 6.85. The van der Waals surface area contributed by atoms with Gasteiger partial charge in [-0.1, -0.05) is 12.0 Å². The van der Waals surface area contributed by atoms with Crippen LogP contribution in [-0.2, 0) is 22.5 Å². The molecule has 7 rings (SSSR count). The Bertz CT molecular complexity index is 1530. The minimum Gasteiger partial charge on any atom is -0.508 e. The standard InChI is InChI=1S/C33H36FN3O4/c1-3-25-28(34)8-7-22-13-24(38)14-26(31(22)25)30-15-29-27(18-40-30)20(2)35-32(36-29)41-19-33-10-4-12-37(33)23(9-11-33)17-39-16-21-5-6-21/h1,7-8,13-14,21,23,30,38H,4-6,9-12,15-19H2,2H3. The molecule has 214 valence electrons. The topological polar surface area (TPSA) is 76.9 Å². The summed E-state index contributed by atoms with van der Waals surface area (Å²) < 4.78 is 33.3. The maximum atomic E-state index is 14.6. The lowest BCUT2D eigenvalue weighted by Gasteiger charge is -2.34. The minimum atomic E-state index is -0.471. The predicted octanol–water partition coefficient (Wildman–Crippen LogP) is 5.38. The van der Waals surface area contributed by atoms with Crippen molar-refractivity contribution in [2.45, 2.75) is 76.2 Å². The molecular formula is C33H36FN3O4. The lowest BCUT2D eigenvalue weighted by Crippen LogP contribution is -2.48. The van der Waals surface area contributed by atoms with Crippen molar-refractivity contribution < 1.29 is 23.7 Å². The van der Waals surface area contributed by atoms with Crippen molar-refractivity contribution in [1.29, 1.82) is 0 Å². The Hall–Kier alpha value is -3.25. The normalized spacial score (nSPS) is 25.7. The van der Waals surface area contributed by atoms with Crippen LogP contribution in [0.2, 0.25) is 0 Å². The summed E-state index contributed by atoms with van der Waals surface area (Å²) in [5, 5.41) is 11.7. The molecule has 1 aliphatic carbocycles. The molecule has 1 aromatic heterocycles. The molecule has 3 atom stereocenters. The number of hydrogen-bond acceptors (Lipinski definition) is 7. The molecule has 2 saturated heterocycles. The predicted molar refractivity (Wildman–Crippen MR) is 152 cm³/mol. The number of phenolic OH excluding ortho intramolecular Hbond substituents is 1. The lowest BCUT2D eigenvalue weighted by atomic mass is 9.91. The fraction of sp³-hybridized carbons (Fsp3) is 0.515. The second kappa shape index (κ2) is 10.5. The fourth-order valence-corrected chi connectivity index (χ4v) is 7.16. The van der Waals surface area contributed by atoms with E-state index in [0.29, 0.717) is 48.0 Å². The molecule has 3 aromatic rings. The van der Waals surface area contributed by atoms with Gasteiger partial charge in [0.2, 0.25) is 0 Å². The van der Waals surface area contributed by atoms with Crippen LogP contribution < -0.4 is 4.74 Å². The van der Waals surface area contributed by atoms with Gasteiger partial charge in [0, 0.05) is 30.0 Å². The summed E-state index contributed by atoms with van der Waals surface area (Å²) in [6, 6.07) is 7.00. The second-order valence-electron chi connectivity index (χ2n) is 12.2. The van der Waals surface area contributed by atoms with Gasteiger partial charge in [0.05, 0.1) is 41.8 Å². The smallest absolute Gasteiger partial charge is 0.316 e. The molecule has 0 radical (unpaired) electrons. The second-order valence-corrected chi connectivity index (χ2v) is 12.2. The van der Waals surface area contributed by atoms with E-state index in [4.69, 9.17) is 25.6 Å². The number of benzene rings is 2. The molecule has 3 unspecified atom stereocenters. The van der Waals surface area contributed by atoms with Crippen LogP contribution in [0.25, 0.3) is 10.8 Å². The Morgan fingerprint density at radius 3 is 2.90 bits per heavy atom. The van der Waals surface area contributed by atoms with Gasteiger partial charge < -0.3 is 19.3 Å². The molecule has 0 amide bonds. The molecule has 41 heavy (non-hydrogen) atoms. The first-order chi connectivity index (χ1) is 19.9. The van der Waals surface area contributed by atoms with Crippen molar-refractivity contribution in [2.75, 3.05) is 26.4 Å². The van der Waals surface area contributed by atoms with Gasteiger partial charge in [-0.2, -0.15) is 4.98 Å². The summed E-state index contributed by atoms with van der Waals surface area (Å²) in [5.74, 6) is 2.87. The molecular weight excluding hydrogens is 521 g/mol. The van der Waals surface area contributed by atoms with E-state index in [9.17, 15) is 9.50 Å². The summed E-state index contributed by atoms with van der Waals surface area (Å²) in [6.07, 6.45) is 12.8. The molecule has 1 saturated carbocycles. The van der Waals surface area contributed by atoms with Gasteiger partial charge in [-0.05, 0) is 87.1 Å². The van der Waals surface area contributed by atoms with Crippen molar-refractivity contribution >= 4 is 10.8 Å². The number of rotatable bonds is 8. The zero-order valence-corrected chi connectivity index (χ0v) is 23.5. The van der Waals surface area contributed by atoms with Gasteiger partial charge in [-0.3, -0.25) is 4.90 Å². The van der Waals surface area contributed by atoms with E-state index in [2.05, 4.69) is 15.8 Å². The minimum absolute atomic E-state index is 0.0165. The highest BCUT2D eigenvalue weighted by Gasteiger charge is 2.50. The van der Waals surface area contributed by atoms with Crippen LogP contribution in [-0.4, -0.2) is 57.9 Å². The van der Waals surface area contributed by atoms with Crippen LogP contribution >= 0.6 is 0 Å². The molecule has 4 aliphatic rings. The van der Waals surface area contributed by atoms with Crippen LogP contribution in [0.3, 0.4) is 0 Å². The maximum Gasteiger partial charge on any atom is 0.316 e. The average molecular weight is 558 g/mol. The van der Waals surface area contributed by atoms with Crippen molar-refractivity contribution in [1.82, 2.24) is 14.9 Å². The molecule has 0 spiro atoms. The Labute approximate surface area is 240 Å². The maximum absolute atomic E-state index is 14.6. The monoisotopic (exact) mass is 557 g/mol. The van der Waals surface area contributed by atoms with Crippen LogP contribution in [0.15, 0.2) is 24.3 Å². The Morgan fingerprint density at radius 2 is 2.07 bits per heavy atom. The summed E-state index contributed by atoms with van der Waals surface area (Å²) in [7, 11) is 0. The number of aryl methyl sites for hydroxylation is 1. The molecule has 4 heterocycles. The highest BCUT2D eigenvalue weighted by molar-refractivity contribution is 5.92.